The molecule has 0 saturated carbocycles. The van der Waals surface area contributed by atoms with Gasteiger partial charge in [-0.2, -0.15) is 0 Å². The van der Waals surface area contributed by atoms with Gasteiger partial charge in [0, 0.05) is 34.6 Å². The topological polar surface area (TPSA) is 55.1 Å². The molecular weight excluding hydrogens is 392 g/mol. The molecule has 1 unspecified atom stereocenters. The standard InChI is InChI=1S/C22H25ClN2O2S/c1-2-3-10-21-24-14-18(25(21)15-16-7-4-5-9-20(16)23)12-17(22(26)27)13-19-8-6-11-28-19/h4-9,11,14,17H,2-3,10,12-13,15H2,1H3,(H,26,27). The fourth-order valence-electron chi connectivity index (χ4n) is 3.31. The number of aryl methyl sites for hydroxylation is 1. The third kappa shape index (κ3) is 5.24. The minimum Gasteiger partial charge on any atom is -0.481 e. The van der Waals surface area contributed by atoms with E-state index < -0.39 is 11.9 Å². The van der Waals surface area contributed by atoms with Crippen LogP contribution in [0.1, 0.15) is 41.7 Å². The SMILES string of the molecule is CCCCc1ncc(CC(Cc2cccs2)C(=O)O)n1Cc1ccccc1Cl. The van der Waals surface area contributed by atoms with Gasteiger partial charge in [-0.05, 0) is 35.9 Å². The predicted molar refractivity (Wildman–Crippen MR) is 114 cm³/mol. The third-order valence-electron chi connectivity index (χ3n) is 4.89. The summed E-state index contributed by atoms with van der Waals surface area (Å²) in [6, 6.07) is 11.7. The normalized spacial score (nSPS) is 12.2. The Morgan fingerprint density at radius 1 is 1.25 bits per heavy atom. The highest BCUT2D eigenvalue weighted by molar-refractivity contribution is 7.09. The van der Waals surface area contributed by atoms with Crippen molar-refractivity contribution in [3.05, 3.63) is 75.0 Å². The number of carboxylic acid groups (broad SMARTS) is 1. The van der Waals surface area contributed by atoms with Crippen LogP contribution in [0.5, 0.6) is 0 Å². The molecule has 2 heterocycles. The molecule has 1 aromatic carbocycles. The monoisotopic (exact) mass is 416 g/mol. The summed E-state index contributed by atoms with van der Waals surface area (Å²) in [5.74, 6) is -0.245. The summed E-state index contributed by atoms with van der Waals surface area (Å²) in [6.07, 6.45) is 5.85. The number of aromatic nitrogens is 2. The van der Waals surface area contributed by atoms with Crippen LogP contribution in [0.15, 0.2) is 48.0 Å². The summed E-state index contributed by atoms with van der Waals surface area (Å²) in [5.41, 5.74) is 1.97. The molecule has 1 N–H and O–H groups in total. The van der Waals surface area contributed by atoms with Crippen molar-refractivity contribution in [3.8, 4) is 0 Å². The number of unbranched alkanes of at least 4 members (excludes halogenated alkanes) is 1. The van der Waals surface area contributed by atoms with E-state index in [1.165, 1.54) is 0 Å². The quantitative estimate of drug-likeness (QED) is 0.476. The van der Waals surface area contributed by atoms with Crippen LogP contribution in [0.3, 0.4) is 0 Å². The van der Waals surface area contributed by atoms with Crippen LogP contribution in [0.25, 0.3) is 0 Å². The molecule has 0 bridgehead atoms. The van der Waals surface area contributed by atoms with Crippen LogP contribution < -0.4 is 0 Å². The highest BCUT2D eigenvalue weighted by Gasteiger charge is 2.22. The minimum absolute atomic E-state index is 0.455. The molecule has 148 valence electrons. The van der Waals surface area contributed by atoms with E-state index in [0.29, 0.717) is 19.4 Å². The van der Waals surface area contributed by atoms with Gasteiger partial charge in [0.25, 0.3) is 0 Å². The van der Waals surface area contributed by atoms with E-state index >= 15 is 0 Å². The van der Waals surface area contributed by atoms with Crippen LogP contribution in [-0.2, 0) is 30.6 Å². The van der Waals surface area contributed by atoms with Crippen LogP contribution in [0.4, 0.5) is 0 Å². The number of nitrogens with zero attached hydrogens (tertiary/aromatic N) is 2. The Kier molecular flexibility index (Phi) is 7.29. The van der Waals surface area contributed by atoms with Crippen LogP contribution in [0, 0.1) is 5.92 Å². The van der Waals surface area contributed by atoms with Gasteiger partial charge in [0.15, 0.2) is 0 Å². The number of rotatable bonds is 10. The summed E-state index contributed by atoms with van der Waals surface area (Å²) in [4.78, 5) is 17.6. The second kappa shape index (κ2) is 9.89. The Bertz CT molecular complexity index is 905. The second-order valence-electron chi connectivity index (χ2n) is 6.97. The van der Waals surface area contributed by atoms with E-state index in [-0.39, 0.29) is 0 Å². The number of aliphatic carboxylic acids is 1. The van der Waals surface area contributed by atoms with E-state index in [4.69, 9.17) is 11.6 Å². The predicted octanol–water partition coefficient (Wildman–Crippen LogP) is 5.47. The van der Waals surface area contributed by atoms with Crippen molar-refractivity contribution in [3.63, 3.8) is 0 Å². The molecule has 0 fully saturated rings. The number of imidazole rings is 1. The van der Waals surface area contributed by atoms with Gasteiger partial charge >= 0.3 is 5.97 Å². The number of carboxylic acids is 1. The molecule has 0 spiro atoms. The molecule has 3 aromatic rings. The Labute approximate surface area is 174 Å². The van der Waals surface area contributed by atoms with Crippen molar-refractivity contribution < 1.29 is 9.90 Å². The number of carbonyl (C=O) groups is 1. The molecule has 0 aliphatic rings. The summed E-state index contributed by atoms with van der Waals surface area (Å²) < 4.78 is 2.15. The number of thiophene rings is 1. The van der Waals surface area contributed by atoms with Crippen LogP contribution >= 0.6 is 22.9 Å². The molecule has 0 saturated heterocycles. The van der Waals surface area contributed by atoms with E-state index in [1.807, 2.05) is 48.0 Å². The lowest BCUT2D eigenvalue weighted by atomic mass is 9.98. The summed E-state index contributed by atoms with van der Waals surface area (Å²) in [7, 11) is 0. The van der Waals surface area contributed by atoms with Gasteiger partial charge in [0.2, 0.25) is 0 Å². The maximum absolute atomic E-state index is 11.9. The fourth-order valence-corrected chi connectivity index (χ4v) is 4.29. The lowest BCUT2D eigenvalue weighted by Gasteiger charge is -2.16. The first-order chi connectivity index (χ1) is 13.6. The summed E-state index contributed by atoms with van der Waals surface area (Å²) in [6.45, 7) is 2.77. The van der Waals surface area contributed by atoms with Gasteiger partial charge in [-0.25, -0.2) is 4.98 Å². The highest BCUT2D eigenvalue weighted by Crippen LogP contribution is 2.23. The number of hydrogen-bond donors (Lipinski definition) is 1. The van der Waals surface area contributed by atoms with Crippen LogP contribution in [0.2, 0.25) is 5.02 Å². The lowest BCUT2D eigenvalue weighted by molar-refractivity contribution is -0.141. The summed E-state index contributed by atoms with van der Waals surface area (Å²) >= 11 is 7.98. The Morgan fingerprint density at radius 3 is 2.75 bits per heavy atom. The zero-order valence-corrected chi connectivity index (χ0v) is 17.5. The maximum Gasteiger partial charge on any atom is 0.307 e. The number of benzene rings is 1. The number of hydrogen-bond acceptors (Lipinski definition) is 3. The number of halogens is 1. The van der Waals surface area contributed by atoms with Crippen molar-refractivity contribution in [1.29, 1.82) is 0 Å². The third-order valence-corrected chi connectivity index (χ3v) is 6.16. The Balaban J connectivity index is 1.87. The average Bonchev–Trinajstić information content (AvgIpc) is 3.32. The molecular formula is C22H25ClN2O2S. The largest absolute Gasteiger partial charge is 0.481 e. The molecule has 1 atom stereocenters. The maximum atomic E-state index is 11.9. The minimum atomic E-state index is -0.769. The van der Waals surface area contributed by atoms with Gasteiger partial charge in [-0.15, -0.1) is 11.3 Å². The smallest absolute Gasteiger partial charge is 0.307 e. The average molecular weight is 417 g/mol. The molecule has 6 heteroatoms. The van der Waals surface area contributed by atoms with Gasteiger partial charge in [-0.1, -0.05) is 49.2 Å². The van der Waals surface area contributed by atoms with E-state index in [9.17, 15) is 9.90 Å². The molecule has 0 radical (unpaired) electrons. The Morgan fingerprint density at radius 2 is 2.07 bits per heavy atom. The molecule has 0 aliphatic heterocycles. The molecule has 4 nitrogen and oxygen atoms in total. The highest BCUT2D eigenvalue weighted by atomic mass is 35.5. The van der Waals surface area contributed by atoms with Gasteiger partial charge in [0.1, 0.15) is 5.82 Å². The molecule has 3 rings (SSSR count). The van der Waals surface area contributed by atoms with Crippen molar-refractivity contribution in [2.45, 2.75) is 45.6 Å². The molecule has 28 heavy (non-hydrogen) atoms. The molecule has 0 amide bonds. The molecule has 2 aromatic heterocycles. The lowest BCUT2D eigenvalue weighted by Crippen LogP contribution is -2.21. The van der Waals surface area contributed by atoms with E-state index in [2.05, 4.69) is 16.5 Å². The summed E-state index contributed by atoms with van der Waals surface area (Å²) in [5, 5.41) is 12.5. The zero-order chi connectivity index (χ0) is 19.9. The van der Waals surface area contributed by atoms with Crippen molar-refractivity contribution in [1.82, 2.24) is 9.55 Å². The van der Waals surface area contributed by atoms with E-state index in [0.717, 1.165) is 46.2 Å². The van der Waals surface area contributed by atoms with Crippen molar-refractivity contribution in [2.75, 3.05) is 0 Å². The van der Waals surface area contributed by atoms with E-state index in [1.54, 1.807) is 11.3 Å². The van der Waals surface area contributed by atoms with Gasteiger partial charge in [-0.3, -0.25) is 4.79 Å². The van der Waals surface area contributed by atoms with Crippen molar-refractivity contribution >= 4 is 28.9 Å². The zero-order valence-electron chi connectivity index (χ0n) is 16.0. The first-order valence-electron chi connectivity index (χ1n) is 9.60. The van der Waals surface area contributed by atoms with Gasteiger partial charge < -0.3 is 9.67 Å². The van der Waals surface area contributed by atoms with Crippen LogP contribution in [-0.4, -0.2) is 20.6 Å². The first kappa shape index (κ1) is 20.6. The van der Waals surface area contributed by atoms with Gasteiger partial charge in [0.05, 0.1) is 12.5 Å². The second-order valence-corrected chi connectivity index (χ2v) is 8.41. The fraction of sp³-hybridized carbons (Fsp3) is 0.364. The van der Waals surface area contributed by atoms with Crippen molar-refractivity contribution in [2.24, 2.45) is 5.92 Å². The molecule has 0 aliphatic carbocycles. The first-order valence-corrected chi connectivity index (χ1v) is 10.9. The Hall–Kier alpha value is -2.11.